The fourth-order valence-corrected chi connectivity index (χ4v) is 6.25. The van der Waals surface area contributed by atoms with Crippen LogP contribution in [0.25, 0.3) is 0 Å². The number of imide groups is 2. The van der Waals surface area contributed by atoms with E-state index in [0.717, 1.165) is 16.0 Å². The first-order chi connectivity index (χ1) is 31.0. The van der Waals surface area contributed by atoms with Crippen LogP contribution in [-0.2, 0) is 24.6 Å². The molecule has 0 aromatic heterocycles. The van der Waals surface area contributed by atoms with Crippen molar-refractivity contribution >= 4 is 35.0 Å². The van der Waals surface area contributed by atoms with Gasteiger partial charge in [0.1, 0.15) is 34.5 Å². The van der Waals surface area contributed by atoms with Crippen molar-refractivity contribution in [2.75, 3.05) is 9.80 Å². The molecule has 12 nitrogen and oxygen atoms in total. The van der Waals surface area contributed by atoms with Crippen LogP contribution >= 0.6 is 0 Å². The van der Waals surface area contributed by atoms with Crippen LogP contribution in [-0.4, -0.2) is 23.6 Å². The number of rotatable bonds is 10. The summed E-state index contributed by atoms with van der Waals surface area (Å²) < 4.78 is 21.0. The lowest BCUT2D eigenvalue weighted by Crippen LogP contribution is -2.29. The molecule has 64 heavy (non-hydrogen) atoms. The van der Waals surface area contributed by atoms with E-state index in [4.69, 9.17) is 20.0 Å². The van der Waals surface area contributed by atoms with Crippen LogP contribution in [0.4, 0.5) is 11.4 Å². The molecule has 12 heteroatoms. The lowest BCUT2D eigenvalue weighted by molar-refractivity contribution is -0.122. The third kappa shape index (κ3) is 12.8. The van der Waals surface area contributed by atoms with Gasteiger partial charge in [-0.05, 0) is 108 Å². The van der Waals surface area contributed by atoms with Crippen molar-refractivity contribution in [3.05, 3.63) is 181 Å². The van der Waals surface area contributed by atoms with Gasteiger partial charge in [-0.2, -0.15) is 0 Å². The van der Waals surface area contributed by atoms with Gasteiger partial charge in [0.25, 0.3) is 24.3 Å². The van der Waals surface area contributed by atoms with Gasteiger partial charge < -0.3 is 18.9 Å². The van der Waals surface area contributed by atoms with Gasteiger partial charge in [-0.1, -0.05) is 94.8 Å². The van der Waals surface area contributed by atoms with Gasteiger partial charge in [0.2, 0.25) is 11.8 Å². The van der Waals surface area contributed by atoms with Gasteiger partial charge in [0, 0.05) is 30.4 Å². The average molecular weight is 855 g/mol. The summed E-state index contributed by atoms with van der Waals surface area (Å²) in [7, 11) is 0. The second-order valence-corrected chi connectivity index (χ2v) is 14.6. The molecular formula is C52H46N4O8. The minimum Gasteiger partial charge on any atom is -0.457 e. The topological polar surface area (TPSA) is 159 Å². The van der Waals surface area contributed by atoms with Crippen LogP contribution in [0.3, 0.4) is 0 Å². The number of hydrogen-bond acceptors (Lipinski definition) is 10. The molecule has 322 valence electrons. The summed E-state index contributed by atoms with van der Waals surface area (Å²) in [5.74, 6) is 2.61. The number of carbonyl (C=O) groups excluding carboxylic acids is 4. The summed E-state index contributed by atoms with van der Waals surface area (Å²) in [6.45, 7) is 8.54. The van der Waals surface area contributed by atoms with E-state index >= 15 is 0 Å². The predicted octanol–water partition coefficient (Wildman–Crippen LogP) is 11.2. The molecule has 0 atom stereocenters. The van der Waals surface area contributed by atoms with Gasteiger partial charge in [-0.25, -0.2) is 4.90 Å². The number of anilines is 2. The molecule has 0 bridgehead atoms. The molecule has 0 radical (unpaired) electrons. The third-order valence-electron chi connectivity index (χ3n) is 9.49. The molecule has 6 aromatic rings. The lowest BCUT2D eigenvalue weighted by Gasteiger charge is -2.26. The highest BCUT2D eigenvalue weighted by Gasteiger charge is 2.30. The van der Waals surface area contributed by atoms with Crippen LogP contribution < -0.4 is 28.7 Å². The minimum atomic E-state index is -0.360. The second-order valence-electron chi connectivity index (χ2n) is 14.6. The highest BCUT2D eigenvalue weighted by atomic mass is 16.5. The van der Waals surface area contributed by atoms with E-state index in [1.54, 1.807) is 85.3 Å². The van der Waals surface area contributed by atoms with Crippen molar-refractivity contribution in [2.45, 2.75) is 52.4 Å². The third-order valence-corrected chi connectivity index (χ3v) is 9.49. The maximum Gasteiger partial charge on any atom is 0.292 e. The Labute approximate surface area is 372 Å². The highest BCUT2D eigenvalue weighted by Crippen LogP contribution is 2.35. The number of hydrogen-bond donors (Lipinski definition) is 0. The first-order valence-electron chi connectivity index (χ1n) is 20.4. The Hall–Kier alpha value is -8.48. The number of benzene rings is 6. The Kier molecular flexibility index (Phi) is 16.7. The summed E-state index contributed by atoms with van der Waals surface area (Å²) in [5, 5.41) is 16.1. The van der Waals surface area contributed by atoms with E-state index in [9.17, 15) is 19.2 Å². The second kappa shape index (κ2) is 22.9. The monoisotopic (exact) mass is 854 g/mol. The summed E-state index contributed by atoms with van der Waals surface area (Å²) in [5.41, 5.74) is 2.96. The van der Waals surface area contributed by atoms with Crippen molar-refractivity contribution in [3.8, 4) is 47.0 Å². The Morgan fingerprint density at radius 3 is 1.11 bits per heavy atom. The SMILES string of the molecule is CC(C)(c1ccc(Oc2ccc(N3C(=O)C=CC3=O)cc2)cc1)c1ccc(Oc2ccc(N3C(=O)CCC3=O)cc2)cc1.CCC.N#COc1ccccc1.N#COc1ccccc1. The number of amides is 4. The molecule has 0 saturated carbocycles. The van der Waals surface area contributed by atoms with E-state index in [1.807, 2.05) is 84.9 Å². The molecule has 2 heterocycles. The molecule has 1 saturated heterocycles. The number of carbonyl (C=O) groups is 4. The molecule has 2 aliphatic rings. The molecule has 0 unspecified atom stereocenters. The fraction of sp³-hybridized carbons (Fsp3) is 0.154. The quantitative estimate of drug-likeness (QED) is 0.0958. The molecule has 6 aromatic carbocycles. The van der Waals surface area contributed by atoms with Crippen molar-refractivity contribution in [1.82, 2.24) is 0 Å². The molecule has 0 N–H and O–H groups in total. The Bertz CT molecular complexity index is 2420. The maximum absolute atomic E-state index is 12.0. The smallest absolute Gasteiger partial charge is 0.292 e. The number of ether oxygens (including phenoxy) is 4. The summed E-state index contributed by atoms with van der Waals surface area (Å²) in [6, 6.07) is 47.4. The van der Waals surface area contributed by atoms with Crippen molar-refractivity contribution < 1.29 is 38.1 Å². The molecular weight excluding hydrogens is 809 g/mol. The Morgan fingerprint density at radius 2 is 0.781 bits per heavy atom. The van der Waals surface area contributed by atoms with Gasteiger partial charge in [0.05, 0.1) is 11.4 Å². The fourth-order valence-electron chi connectivity index (χ4n) is 6.25. The largest absolute Gasteiger partial charge is 0.457 e. The molecule has 4 amide bonds. The molecule has 2 aliphatic heterocycles. The van der Waals surface area contributed by atoms with Crippen LogP contribution in [0.2, 0.25) is 0 Å². The van der Waals surface area contributed by atoms with Crippen LogP contribution in [0.5, 0.6) is 34.5 Å². The van der Waals surface area contributed by atoms with Crippen molar-refractivity contribution in [1.29, 1.82) is 10.5 Å². The number of nitrogens with zero attached hydrogens (tertiary/aromatic N) is 4. The summed E-state index contributed by atoms with van der Waals surface area (Å²) in [4.78, 5) is 50.1. The van der Waals surface area contributed by atoms with Gasteiger partial charge in [0.15, 0.2) is 0 Å². The zero-order valence-corrected chi connectivity index (χ0v) is 35.8. The lowest BCUT2D eigenvalue weighted by atomic mass is 9.78. The van der Waals surface area contributed by atoms with E-state index in [1.165, 1.54) is 23.5 Å². The summed E-state index contributed by atoms with van der Waals surface area (Å²) in [6.07, 6.45) is 7.42. The van der Waals surface area contributed by atoms with Crippen molar-refractivity contribution in [2.24, 2.45) is 0 Å². The predicted molar refractivity (Wildman–Crippen MR) is 243 cm³/mol. The van der Waals surface area contributed by atoms with Crippen molar-refractivity contribution in [3.63, 3.8) is 0 Å². The van der Waals surface area contributed by atoms with Crippen LogP contribution in [0, 0.1) is 23.0 Å². The average Bonchev–Trinajstić information content (AvgIpc) is 3.83. The number of nitriles is 2. The first-order valence-corrected chi connectivity index (χ1v) is 20.4. The van der Waals surface area contributed by atoms with E-state index in [0.29, 0.717) is 45.9 Å². The first kappa shape index (κ1) is 46.6. The molecule has 8 rings (SSSR count). The number of para-hydroxylation sites is 2. The van der Waals surface area contributed by atoms with Crippen LogP contribution in [0.1, 0.15) is 58.1 Å². The van der Waals surface area contributed by atoms with Crippen LogP contribution in [0.15, 0.2) is 170 Å². The minimum absolute atomic E-state index is 0.181. The maximum atomic E-state index is 12.0. The molecule has 1 fully saturated rings. The molecule has 0 spiro atoms. The zero-order chi connectivity index (χ0) is 45.9. The normalized spacial score (nSPS) is 12.6. The Morgan fingerprint density at radius 1 is 0.469 bits per heavy atom. The molecule has 0 aliphatic carbocycles. The van der Waals surface area contributed by atoms with Gasteiger partial charge in [-0.15, -0.1) is 10.5 Å². The Balaban J connectivity index is 0.000000300. The van der Waals surface area contributed by atoms with E-state index in [2.05, 4.69) is 37.2 Å². The van der Waals surface area contributed by atoms with Gasteiger partial charge in [-0.3, -0.25) is 24.1 Å². The van der Waals surface area contributed by atoms with Gasteiger partial charge >= 0.3 is 0 Å². The van der Waals surface area contributed by atoms with E-state index in [-0.39, 0.29) is 41.9 Å². The zero-order valence-electron chi connectivity index (χ0n) is 35.8. The highest BCUT2D eigenvalue weighted by molar-refractivity contribution is 6.28. The van der Waals surface area contributed by atoms with E-state index < -0.39 is 0 Å². The summed E-state index contributed by atoms with van der Waals surface area (Å²) >= 11 is 0. The standard InChI is InChI=1S/C35H28N2O6.2C7H5NO.C3H8/c1-35(2,23-3-11-27(12-4-23)42-29-15-7-25(8-16-29)36-31(38)19-20-32(36)39)24-5-13-28(14-6-24)43-30-17-9-26(10-18-30)37-33(40)21-22-34(37)41;2*8-6-9-7-4-2-1-3-5-7;1-3-2/h3-20H,21-22H2,1-2H3;2*1-5H;3H2,1-2H3.